The zero-order valence-electron chi connectivity index (χ0n) is 12.5. The maximum atomic E-state index is 12.4. The van der Waals surface area contributed by atoms with Crippen LogP contribution in [0.5, 0.6) is 0 Å². The molecule has 0 unspecified atom stereocenters. The lowest BCUT2D eigenvalue weighted by Gasteiger charge is -2.32. The van der Waals surface area contributed by atoms with Crippen LogP contribution in [0.4, 0.5) is 0 Å². The first-order chi connectivity index (χ1) is 8.07. The monoisotopic (exact) mass is 252 g/mol. The van der Waals surface area contributed by atoms with Crippen molar-refractivity contribution in [2.45, 2.75) is 34.6 Å². The Balaban J connectivity index is 3.53. The van der Waals surface area contributed by atoms with Crippen LogP contribution in [0.25, 0.3) is 0 Å². The number of hydrogen-bond donors (Lipinski definition) is 0. The van der Waals surface area contributed by atoms with Gasteiger partial charge < -0.3 is 9.80 Å². The molecule has 0 fully saturated rings. The highest BCUT2D eigenvalue weighted by atomic mass is 16.2. The van der Waals surface area contributed by atoms with Crippen molar-refractivity contribution in [3.63, 3.8) is 0 Å². The molecule has 0 bridgehead atoms. The molecule has 2 amide bonds. The maximum Gasteiger partial charge on any atom is 0.252 e. The van der Waals surface area contributed by atoms with E-state index in [2.05, 4.69) is 0 Å². The van der Waals surface area contributed by atoms with Crippen LogP contribution in [0.1, 0.15) is 34.6 Å². The van der Waals surface area contributed by atoms with Crippen molar-refractivity contribution in [2.75, 3.05) is 20.6 Å². The van der Waals surface area contributed by atoms with Gasteiger partial charge >= 0.3 is 0 Å². The first-order valence-electron chi connectivity index (χ1n) is 6.34. The Morgan fingerprint density at radius 1 is 1.11 bits per heavy atom. The van der Waals surface area contributed by atoms with Gasteiger partial charge in [-0.1, -0.05) is 34.6 Å². The number of allylic oxidation sites excluding steroid dienone is 1. The Bertz CT molecular complexity index is 403. The summed E-state index contributed by atoms with van der Waals surface area (Å²) >= 11 is 0. The minimum absolute atomic E-state index is 0.0346. The summed E-state index contributed by atoms with van der Waals surface area (Å²) in [5.74, 6) is 0.0292. The predicted molar refractivity (Wildman–Crippen MR) is 71.7 cm³/mol. The van der Waals surface area contributed by atoms with Gasteiger partial charge in [-0.3, -0.25) is 9.59 Å². The molecule has 0 spiro atoms. The number of hydrogen-bond acceptors (Lipinski definition) is 2. The molecule has 1 rings (SSSR count). The summed E-state index contributed by atoms with van der Waals surface area (Å²) in [5.41, 5.74) is 1.36. The molecule has 0 atom stereocenters. The topological polar surface area (TPSA) is 40.6 Å². The fourth-order valence-electron chi connectivity index (χ4n) is 2.42. The van der Waals surface area contributed by atoms with E-state index in [0.717, 1.165) is 11.3 Å². The van der Waals surface area contributed by atoms with Gasteiger partial charge in [0.25, 0.3) is 5.91 Å². The van der Waals surface area contributed by atoms with Crippen LogP contribution in [0, 0.1) is 11.3 Å². The zero-order chi connectivity index (χ0) is 14.2. The molecule has 102 valence electrons. The Hall–Kier alpha value is -1.32. The van der Waals surface area contributed by atoms with E-state index in [9.17, 15) is 9.59 Å². The third kappa shape index (κ3) is 2.57. The van der Waals surface area contributed by atoms with Gasteiger partial charge in [-0.15, -0.1) is 0 Å². The van der Waals surface area contributed by atoms with Gasteiger partial charge in [0.15, 0.2) is 0 Å². The molecule has 4 nitrogen and oxygen atoms in total. The van der Waals surface area contributed by atoms with Crippen LogP contribution in [0.2, 0.25) is 0 Å². The van der Waals surface area contributed by atoms with E-state index in [1.807, 2.05) is 34.6 Å². The number of amides is 2. The summed E-state index contributed by atoms with van der Waals surface area (Å²) in [4.78, 5) is 27.7. The molecule has 4 heteroatoms. The molecule has 1 aliphatic rings. The average Bonchev–Trinajstić information content (AvgIpc) is 2.27. The van der Waals surface area contributed by atoms with Crippen molar-refractivity contribution < 1.29 is 9.59 Å². The standard InChI is InChI=1S/C14H24N2O2/c1-9(2)11-12(14(3,4)5)16(7)10(17)8-15(6)13(11)18/h9H,8H2,1-7H3. The summed E-state index contributed by atoms with van der Waals surface area (Å²) in [5, 5.41) is 0. The highest BCUT2D eigenvalue weighted by Crippen LogP contribution is 2.35. The van der Waals surface area contributed by atoms with Gasteiger partial charge in [-0.2, -0.15) is 0 Å². The number of rotatable bonds is 1. The molecular formula is C14H24N2O2. The molecule has 0 saturated heterocycles. The van der Waals surface area contributed by atoms with Crippen molar-refractivity contribution in [3.05, 3.63) is 11.3 Å². The molecule has 18 heavy (non-hydrogen) atoms. The molecule has 0 radical (unpaired) electrons. The molecule has 0 saturated carbocycles. The minimum Gasteiger partial charge on any atom is -0.333 e. The molecule has 0 aliphatic carbocycles. The van der Waals surface area contributed by atoms with Gasteiger partial charge in [-0.25, -0.2) is 0 Å². The van der Waals surface area contributed by atoms with Crippen LogP contribution in [-0.2, 0) is 9.59 Å². The van der Waals surface area contributed by atoms with E-state index < -0.39 is 0 Å². The van der Waals surface area contributed by atoms with Crippen LogP contribution >= 0.6 is 0 Å². The zero-order valence-corrected chi connectivity index (χ0v) is 12.5. The second-order valence-corrected chi connectivity index (χ2v) is 6.28. The second kappa shape index (κ2) is 4.75. The quantitative estimate of drug-likeness (QED) is 0.715. The molecule has 1 aliphatic heterocycles. The lowest BCUT2D eigenvalue weighted by molar-refractivity contribution is -0.134. The number of carbonyl (C=O) groups excluding carboxylic acids is 2. The predicted octanol–water partition coefficient (Wildman–Crippen LogP) is 1.87. The lowest BCUT2D eigenvalue weighted by Crippen LogP contribution is -2.36. The van der Waals surface area contributed by atoms with Crippen LogP contribution < -0.4 is 0 Å². The molecule has 0 aromatic carbocycles. The SMILES string of the molecule is CC(C)C1=C(C(C)(C)C)N(C)C(=O)CN(C)C1=O. The van der Waals surface area contributed by atoms with Gasteiger partial charge in [0.1, 0.15) is 6.54 Å². The minimum atomic E-state index is -0.231. The van der Waals surface area contributed by atoms with Gasteiger partial charge in [0, 0.05) is 30.8 Å². The van der Waals surface area contributed by atoms with Crippen LogP contribution in [0.15, 0.2) is 11.3 Å². The Labute approximate surface area is 110 Å². The average molecular weight is 252 g/mol. The second-order valence-electron chi connectivity index (χ2n) is 6.28. The Morgan fingerprint density at radius 3 is 2.00 bits per heavy atom. The summed E-state index contributed by atoms with van der Waals surface area (Å²) in [6.45, 7) is 10.2. The summed E-state index contributed by atoms with van der Waals surface area (Å²) < 4.78 is 0. The lowest BCUT2D eigenvalue weighted by atomic mass is 9.84. The van der Waals surface area contributed by atoms with Crippen molar-refractivity contribution in [1.29, 1.82) is 0 Å². The Kier molecular flexibility index (Phi) is 3.89. The van der Waals surface area contributed by atoms with E-state index in [4.69, 9.17) is 0 Å². The third-order valence-electron chi connectivity index (χ3n) is 3.20. The summed E-state index contributed by atoms with van der Waals surface area (Å²) in [6.07, 6.45) is 0. The largest absolute Gasteiger partial charge is 0.333 e. The molecule has 1 heterocycles. The molecular weight excluding hydrogens is 228 g/mol. The normalized spacial score (nSPS) is 18.9. The number of carbonyl (C=O) groups is 2. The van der Waals surface area contributed by atoms with Crippen molar-refractivity contribution in [1.82, 2.24) is 9.80 Å². The Morgan fingerprint density at radius 2 is 1.61 bits per heavy atom. The fourth-order valence-corrected chi connectivity index (χ4v) is 2.42. The number of likely N-dealkylation sites (N-methyl/N-ethyl adjacent to an activating group) is 2. The number of nitrogens with zero attached hydrogens (tertiary/aromatic N) is 2. The van der Waals surface area contributed by atoms with Crippen molar-refractivity contribution in [3.8, 4) is 0 Å². The van der Waals surface area contributed by atoms with Crippen LogP contribution in [-0.4, -0.2) is 42.3 Å². The van der Waals surface area contributed by atoms with Crippen molar-refractivity contribution in [2.24, 2.45) is 11.3 Å². The first-order valence-corrected chi connectivity index (χ1v) is 6.34. The smallest absolute Gasteiger partial charge is 0.252 e. The molecule has 0 aromatic heterocycles. The molecule has 0 aromatic rings. The first kappa shape index (κ1) is 14.7. The van der Waals surface area contributed by atoms with Gasteiger partial charge in [-0.05, 0) is 5.92 Å². The summed E-state index contributed by atoms with van der Waals surface area (Å²) in [7, 11) is 3.44. The van der Waals surface area contributed by atoms with E-state index in [-0.39, 0.29) is 29.7 Å². The highest BCUT2D eigenvalue weighted by Gasteiger charge is 2.36. The van der Waals surface area contributed by atoms with Gasteiger partial charge in [0.05, 0.1) is 0 Å². The van der Waals surface area contributed by atoms with Gasteiger partial charge in [0.2, 0.25) is 5.91 Å². The van der Waals surface area contributed by atoms with E-state index in [1.165, 1.54) is 4.90 Å². The van der Waals surface area contributed by atoms with E-state index >= 15 is 0 Å². The maximum absolute atomic E-state index is 12.4. The van der Waals surface area contributed by atoms with E-state index in [0.29, 0.717) is 0 Å². The third-order valence-corrected chi connectivity index (χ3v) is 3.20. The van der Waals surface area contributed by atoms with E-state index in [1.54, 1.807) is 19.0 Å². The summed E-state index contributed by atoms with van der Waals surface area (Å²) in [6, 6.07) is 0. The van der Waals surface area contributed by atoms with Crippen LogP contribution in [0.3, 0.4) is 0 Å². The highest BCUT2D eigenvalue weighted by molar-refractivity contribution is 5.99. The molecule has 0 N–H and O–H groups in total. The fraction of sp³-hybridized carbons (Fsp3) is 0.714. The van der Waals surface area contributed by atoms with Crippen molar-refractivity contribution >= 4 is 11.8 Å².